The van der Waals surface area contributed by atoms with Crippen molar-refractivity contribution in [3.05, 3.63) is 23.8 Å². The molecule has 0 bridgehead atoms. The van der Waals surface area contributed by atoms with Gasteiger partial charge in [0.05, 0.1) is 12.0 Å². The van der Waals surface area contributed by atoms with Crippen molar-refractivity contribution in [2.45, 2.75) is 24.7 Å². The Balaban J connectivity index is 2.79. The molecular formula is C13H20N2O4S. The molecule has 0 fully saturated rings. The Kier molecular flexibility index (Phi) is 5.52. The Hall–Kier alpha value is -1.60. The molecule has 0 aliphatic carbocycles. The predicted molar refractivity (Wildman–Crippen MR) is 76.7 cm³/mol. The van der Waals surface area contributed by atoms with Crippen LogP contribution in [-0.2, 0) is 19.6 Å². The monoisotopic (exact) mass is 300 g/mol. The van der Waals surface area contributed by atoms with Gasteiger partial charge in [-0.05, 0) is 37.1 Å². The summed E-state index contributed by atoms with van der Waals surface area (Å²) in [7, 11) is -0.806. The van der Waals surface area contributed by atoms with E-state index < -0.39 is 10.0 Å². The summed E-state index contributed by atoms with van der Waals surface area (Å²) in [6.07, 6.45) is 0.593. The van der Waals surface area contributed by atoms with Crippen LogP contribution in [0.15, 0.2) is 23.1 Å². The molecule has 7 heteroatoms. The van der Waals surface area contributed by atoms with E-state index in [0.29, 0.717) is 12.1 Å². The Morgan fingerprint density at radius 2 is 2.00 bits per heavy atom. The van der Waals surface area contributed by atoms with Crippen LogP contribution in [0, 0.1) is 6.92 Å². The van der Waals surface area contributed by atoms with E-state index in [1.54, 1.807) is 19.1 Å². The normalized spacial score (nSPS) is 11.6. The van der Waals surface area contributed by atoms with Gasteiger partial charge in [-0.25, -0.2) is 12.7 Å². The Labute approximate surface area is 119 Å². The predicted octanol–water partition coefficient (Wildman–Crippen LogP) is 1.15. The number of rotatable bonds is 6. The molecule has 0 saturated carbocycles. The second-order valence-electron chi connectivity index (χ2n) is 4.59. The first-order valence-corrected chi connectivity index (χ1v) is 7.61. The number of hydrogen-bond donors (Lipinski definition) is 1. The van der Waals surface area contributed by atoms with Crippen LogP contribution in [0.1, 0.15) is 18.4 Å². The number of ether oxygens (including phenoxy) is 1. The van der Waals surface area contributed by atoms with Crippen molar-refractivity contribution in [3.63, 3.8) is 0 Å². The van der Waals surface area contributed by atoms with Crippen LogP contribution in [-0.4, -0.2) is 39.4 Å². The molecule has 6 nitrogen and oxygen atoms in total. The number of sulfonamides is 1. The minimum absolute atomic E-state index is 0.163. The summed E-state index contributed by atoms with van der Waals surface area (Å²) in [6, 6.07) is 4.71. The van der Waals surface area contributed by atoms with Gasteiger partial charge >= 0.3 is 5.97 Å². The molecule has 0 heterocycles. The summed E-state index contributed by atoms with van der Waals surface area (Å²) < 4.78 is 30.4. The molecule has 0 aliphatic heterocycles. The zero-order chi connectivity index (χ0) is 15.3. The van der Waals surface area contributed by atoms with Crippen LogP contribution < -0.4 is 5.73 Å². The molecule has 1 rings (SSSR count). The highest BCUT2D eigenvalue weighted by molar-refractivity contribution is 7.89. The number of hydrogen-bond acceptors (Lipinski definition) is 5. The first-order valence-electron chi connectivity index (χ1n) is 6.17. The lowest BCUT2D eigenvalue weighted by molar-refractivity contribution is -0.140. The molecule has 0 saturated heterocycles. The first-order chi connectivity index (χ1) is 9.27. The maximum Gasteiger partial charge on any atom is 0.305 e. The standard InChI is InChI=1S/C13H20N2O4S/c1-10-7-11(14)9-12(8-10)20(17,18)15(2)6-4-5-13(16)19-3/h7-9H,4-6,14H2,1-3H3. The lowest BCUT2D eigenvalue weighted by Gasteiger charge is -2.17. The van der Waals surface area contributed by atoms with Crippen LogP contribution in [0.4, 0.5) is 5.69 Å². The van der Waals surface area contributed by atoms with E-state index in [0.717, 1.165) is 5.56 Å². The Bertz CT molecular complexity index is 564. The second-order valence-corrected chi connectivity index (χ2v) is 6.63. The van der Waals surface area contributed by atoms with E-state index in [9.17, 15) is 13.2 Å². The number of esters is 1. The van der Waals surface area contributed by atoms with Gasteiger partial charge in [0.15, 0.2) is 0 Å². The number of carbonyl (C=O) groups is 1. The first kappa shape index (κ1) is 16.5. The van der Waals surface area contributed by atoms with Crippen LogP contribution in [0.5, 0.6) is 0 Å². The molecule has 0 spiro atoms. The lowest BCUT2D eigenvalue weighted by atomic mass is 10.2. The maximum atomic E-state index is 12.3. The van der Waals surface area contributed by atoms with Gasteiger partial charge in [0, 0.05) is 25.7 Å². The van der Waals surface area contributed by atoms with Gasteiger partial charge < -0.3 is 10.5 Å². The van der Waals surface area contributed by atoms with Gasteiger partial charge in [-0.2, -0.15) is 0 Å². The fourth-order valence-electron chi connectivity index (χ4n) is 1.77. The minimum Gasteiger partial charge on any atom is -0.469 e. The lowest BCUT2D eigenvalue weighted by Crippen LogP contribution is -2.28. The molecule has 0 atom stereocenters. The van der Waals surface area contributed by atoms with Crippen molar-refractivity contribution in [2.75, 3.05) is 26.4 Å². The average molecular weight is 300 g/mol. The van der Waals surface area contributed by atoms with Crippen molar-refractivity contribution < 1.29 is 17.9 Å². The van der Waals surface area contributed by atoms with Crippen LogP contribution in [0.25, 0.3) is 0 Å². The van der Waals surface area contributed by atoms with Gasteiger partial charge in [-0.3, -0.25) is 4.79 Å². The third-order valence-corrected chi connectivity index (χ3v) is 4.70. The Morgan fingerprint density at radius 3 is 2.55 bits per heavy atom. The van der Waals surface area contributed by atoms with Gasteiger partial charge in [-0.1, -0.05) is 0 Å². The van der Waals surface area contributed by atoms with Crippen molar-refractivity contribution in [1.82, 2.24) is 4.31 Å². The Morgan fingerprint density at radius 1 is 1.35 bits per heavy atom. The van der Waals surface area contributed by atoms with E-state index in [2.05, 4.69) is 4.74 Å². The van der Waals surface area contributed by atoms with Crippen LogP contribution in [0.2, 0.25) is 0 Å². The van der Waals surface area contributed by atoms with Gasteiger partial charge in [0.2, 0.25) is 10.0 Å². The van der Waals surface area contributed by atoms with Crippen molar-refractivity contribution in [1.29, 1.82) is 0 Å². The molecule has 20 heavy (non-hydrogen) atoms. The second kappa shape index (κ2) is 6.71. The number of methoxy groups -OCH3 is 1. The fraction of sp³-hybridized carbons (Fsp3) is 0.462. The molecule has 112 valence electrons. The van der Waals surface area contributed by atoms with E-state index in [4.69, 9.17) is 5.73 Å². The number of nitrogens with zero attached hydrogens (tertiary/aromatic N) is 1. The highest BCUT2D eigenvalue weighted by Gasteiger charge is 2.21. The molecule has 0 unspecified atom stereocenters. The molecule has 0 amide bonds. The van der Waals surface area contributed by atoms with E-state index in [1.165, 1.54) is 24.5 Å². The van der Waals surface area contributed by atoms with Crippen molar-refractivity contribution >= 4 is 21.7 Å². The number of nitrogens with two attached hydrogens (primary N) is 1. The largest absolute Gasteiger partial charge is 0.469 e. The van der Waals surface area contributed by atoms with E-state index in [1.807, 2.05) is 0 Å². The number of nitrogen functional groups attached to an aromatic ring is 1. The number of aryl methyl sites for hydroxylation is 1. The summed E-state index contributed by atoms with van der Waals surface area (Å²) in [5.74, 6) is -0.351. The zero-order valence-electron chi connectivity index (χ0n) is 11.9. The van der Waals surface area contributed by atoms with Crippen molar-refractivity contribution in [2.24, 2.45) is 0 Å². The number of benzene rings is 1. The van der Waals surface area contributed by atoms with Crippen LogP contribution in [0.3, 0.4) is 0 Å². The molecule has 0 aromatic heterocycles. The zero-order valence-corrected chi connectivity index (χ0v) is 12.7. The SMILES string of the molecule is COC(=O)CCCN(C)S(=O)(=O)c1cc(C)cc(N)c1. The molecule has 1 aromatic rings. The fourth-order valence-corrected chi connectivity index (χ4v) is 3.12. The maximum absolute atomic E-state index is 12.3. The van der Waals surface area contributed by atoms with Gasteiger partial charge in [0.1, 0.15) is 0 Å². The summed E-state index contributed by atoms with van der Waals surface area (Å²) in [6.45, 7) is 2.03. The molecule has 1 aromatic carbocycles. The van der Waals surface area contributed by atoms with Crippen molar-refractivity contribution in [3.8, 4) is 0 Å². The quantitative estimate of drug-likeness (QED) is 0.629. The highest BCUT2D eigenvalue weighted by atomic mass is 32.2. The van der Waals surface area contributed by atoms with E-state index in [-0.39, 0.29) is 23.8 Å². The van der Waals surface area contributed by atoms with E-state index >= 15 is 0 Å². The highest BCUT2D eigenvalue weighted by Crippen LogP contribution is 2.19. The third-order valence-electron chi connectivity index (χ3n) is 2.86. The summed E-state index contributed by atoms with van der Waals surface area (Å²) >= 11 is 0. The molecule has 0 radical (unpaired) electrons. The number of anilines is 1. The minimum atomic E-state index is -3.59. The smallest absolute Gasteiger partial charge is 0.305 e. The molecule has 0 aliphatic rings. The van der Waals surface area contributed by atoms with Crippen LogP contribution >= 0.6 is 0 Å². The van der Waals surface area contributed by atoms with Gasteiger partial charge in [0.25, 0.3) is 0 Å². The topological polar surface area (TPSA) is 89.7 Å². The molecular weight excluding hydrogens is 280 g/mol. The van der Waals surface area contributed by atoms with Gasteiger partial charge in [-0.15, -0.1) is 0 Å². The average Bonchev–Trinajstić information content (AvgIpc) is 2.37. The third kappa shape index (κ3) is 4.21. The summed E-state index contributed by atoms with van der Waals surface area (Å²) in [4.78, 5) is 11.2. The molecule has 2 N–H and O–H groups in total. The number of carbonyl (C=O) groups excluding carboxylic acids is 1. The summed E-state index contributed by atoms with van der Waals surface area (Å²) in [5, 5.41) is 0. The summed E-state index contributed by atoms with van der Waals surface area (Å²) in [5.41, 5.74) is 6.86.